The summed E-state index contributed by atoms with van der Waals surface area (Å²) in [7, 11) is 0. The third-order valence-corrected chi connectivity index (χ3v) is 9.69. The van der Waals surface area contributed by atoms with Crippen molar-refractivity contribution in [2.45, 2.75) is 108 Å². The van der Waals surface area contributed by atoms with Gasteiger partial charge in [-0.3, -0.25) is 24.0 Å². The van der Waals surface area contributed by atoms with Crippen LogP contribution in [0.2, 0.25) is 0 Å². The summed E-state index contributed by atoms with van der Waals surface area (Å²) >= 11 is 0. The summed E-state index contributed by atoms with van der Waals surface area (Å²) in [5.41, 5.74) is -0.00129. The molecule has 4 saturated heterocycles. The monoisotopic (exact) mass is 675 g/mol. The topological polar surface area (TPSA) is 166 Å². The van der Waals surface area contributed by atoms with Gasteiger partial charge in [0.2, 0.25) is 29.5 Å². The van der Waals surface area contributed by atoms with E-state index in [1.54, 1.807) is 0 Å². The molecule has 4 aliphatic rings. The number of ether oxygens (including phenoxy) is 1. The summed E-state index contributed by atoms with van der Waals surface area (Å²) in [6, 6.07) is -2.82. The van der Waals surface area contributed by atoms with Crippen LogP contribution in [0.4, 0.5) is 8.78 Å². The minimum atomic E-state index is -1.84. The van der Waals surface area contributed by atoms with Crippen LogP contribution in [0.25, 0.3) is 0 Å². The summed E-state index contributed by atoms with van der Waals surface area (Å²) in [6.45, 7) is 5.43. The fourth-order valence-electron chi connectivity index (χ4n) is 7.26. The first-order valence-corrected chi connectivity index (χ1v) is 16.6. The van der Waals surface area contributed by atoms with Gasteiger partial charge in [0.25, 0.3) is 0 Å². The first-order chi connectivity index (χ1) is 22.7. The van der Waals surface area contributed by atoms with Gasteiger partial charge in [0, 0.05) is 32.1 Å². The predicted octanol–water partition coefficient (Wildman–Crippen LogP) is 0.412. The van der Waals surface area contributed by atoms with Gasteiger partial charge in [-0.1, -0.05) is 6.92 Å². The number of esters is 1. The van der Waals surface area contributed by atoms with Crippen molar-refractivity contribution in [1.82, 2.24) is 25.3 Å². The van der Waals surface area contributed by atoms with Crippen molar-refractivity contribution in [3.63, 3.8) is 0 Å². The summed E-state index contributed by atoms with van der Waals surface area (Å²) < 4.78 is 33.2. The van der Waals surface area contributed by atoms with E-state index in [1.807, 2.05) is 6.92 Å². The predicted molar refractivity (Wildman–Crippen MR) is 165 cm³/mol. The van der Waals surface area contributed by atoms with E-state index in [0.717, 1.165) is 12.1 Å². The van der Waals surface area contributed by atoms with Crippen molar-refractivity contribution in [2.24, 2.45) is 5.92 Å². The Kier molecular flexibility index (Phi) is 10.7. The van der Waals surface area contributed by atoms with Crippen LogP contribution >= 0.6 is 0 Å². The smallest absolute Gasteiger partial charge is 0.329 e. The Bertz CT molecular complexity index is 1440. The van der Waals surface area contributed by atoms with Crippen LogP contribution in [-0.2, 0) is 39.9 Å². The van der Waals surface area contributed by atoms with Crippen molar-refractivity contribution in [3.05, 3.63) is 35.4 Å². The summed E-state index contributed by atoms with van der Waals surface area (Å²) in [6.07, 6.45) is -0.905. The molecule has 3 N–H and O–H groups in total. The van der Waals surface area contributed by atoms with E-state index in [4.69, 9.17) is 4.74 Å². The lowest BCUT2D eigenvalue weighted by atomic mass is 9.99. The highest BCUT2D eigenvalue weighted by atomic mass is 19.1. The first kappa shape index (κ1) is 35.2. The number of nitrogens with one attached hydrogen (secondary N) is 2. The van der Waals surface area contributed by atoms with E-state index in [2.05, 4.69) is 10.6 Å². The quantitative estimate of drug-likeness (QED) is 0.387. The highest BCUT2D eigenvalue weighted by Crippen LogP contribution is 2.28. The average Bonchev–Trinajstić information content (AvgIpc) is 3.68. The number of aliphatic hydroxyl groups is 1. The second-order valence-electron chi connectivity index (χ2n) is 13.4. The molecule has 0 bridgehead atoms. The lowest BCUT2D eigenvalue weighted by molar-refractivity contribution is -0.163. The highest BCUT2D eigenvalue weighted by molar-refractivity contribution is 5.97. The summed E-state index contributed by atoms with van der Waals surface area (Å²) in [5.74, 6) is -5.93. The number of fused-ring (bicyclic) bond motifs is 3. The number of piperidine rings is 1. The van der Waals surface area contributed by atoms with E-state index in [-0.39, 0.29) is 37.5 Å². The van der Waals surface area contributed by atoms with Crippen LogP contribution in [0, 0.1) is 17.6 Å². The number of aliphatic hydroxyl groups excluding tert-OH is 1. The van der Waals surface area contributed by atoms with Crippen LogP contribution < -0.4 is 10.6 Å². The molecule has 262 valence electrons. The number of carbonyl (C=O) groups excluding carboxylic acids is 6. The number of cyclic esters (lactones) is 1. The molecule has 4 aliphatic heterocycles. The number of carbonyl (C=O) groups is 6. The normalized spacial score (nSPS) is 31.1. The van der Waals surface area contributed by atoms with Gasteiger partial charge in [-0.05, 0) is 76.0 Å². The van der Waals surface area contributed by atoms with Crippen LogP contribution in [0.15, 0.2) is 18.2 Å². The van der Waals surface area contributed by atoms with E-state index >= 15 is 0 Å². The Labute approximate surface area is 277 Å². The zero-order valence-corrected chi connectivity index (χ0v) is 27.3. The van der Waals surface area contributed by atoms with Crippen LogP contribution in [0.1, 0.15) is 64.9 Å². The fourth-order valence-corrected chi connectivity index (χ4v) is 7.26. The number of rotatable bonds is 4. The molecule has 0 unspecified atom stereocenters. The molecule has 5 rings (SSSR count). The van der Waals surface area contributed by atoms with Crippen molar-refractivity contribution < 1.29 is 47.4 Å². The third kappa shape index (κ3) is 7.45. The van der Waals surface area contributed by atoms with E-state index in [0.29, 0.717) is 38.2 Å². The molecule has 8 atom stereocenters. The molecule has 0 spiro atoms. The molecule has 1 aromatic carbocycles. The Balaban J connectivity index is 1.47. The molecule has 15 heteroatoms. The maximum absolute atomic E-state index is 14.2. The maximum atomic E-state index is 14.2. The fraction of sp³-hybridized carbons (Fsp3) is 0.636. The number of halogens is 2. The van der Waals surface area contributed by atoms with E-state index in [1.165, 1.54) is 28.5 Å². The van der Waals surface area contributed by atoms with Crippen LogP contribution in [0.3, 0.4) is 0 Å². The number of hydrogen-bond acceptors (Lipinski definition) is 8. The van der Waals surface area contributed by atoms with Gasteiger partial charge in [-0.2, -0.15) is 0 Å². The number of nitrogens with zero attached hydrogens (tertiary/aromatic N) is 3. The molecule has 4 fully saturated rings. The van der Waals surface area contributed by atoms with Crippen molar-refractivity contribution in [2.75, 3.05) is 19.6 Å². The number of hydrogen-bond donors (Lipinski definition) is 3. The molecule has 1 aromatic rings. The third-order valence-electron chi connectivity index (χ3n) is 9.69. The zero-order valence-electron chi connectivity index (χ0n) is 27.3. The SMILES string of the molecule is C[C@H]1C[C@H]2C(=O)O[C@@H](C)[C@H](NC(=O)[C@@H](O)Cc3cc(F)cc(F)c3)C(=O)N3CCC[C@H]3C(=O)N3CCCC[C@H]3C(=O)N[C@@H](C)C(=O)N2C1. The van der Waals surface area contributed by atoms with Crippen LogP contribution in [0.5, 0.6) is 0 Å². The molecule has 0 saturated carbocycles. The first-order valence-electron chi connectivity index (χ1n) is 16.6. The molecular weight excluding hydrogens is 632 g/mol. The molecular formula is C33H43F2N5O8. The largest absolute Gasteiger partial charge is 0.458 e. The van der Waals surface area contributed by atoms with Gasteiger partial charge in [0.15, 0.2) is 0 Å². The van der Waals surface area contributed by atoms with E-state index < -0.39 is 96.0 Å². The highest BCUT2D eigenvalue weighted by Gasteiger charge is 2.47. The molecule has 48 heavy (non-hydrogen) atoms. The summed E-state index contributed by atoms with van der Waals surface area (Å²) in [4.78, 5) is 86.3. The average molecular weight is 676 g/mol. The van der Waals surface area contributed by atoms with Gasteiger partial charge in [0.05, 0.1) is 0 Å². The molecule has 0 aromatic heterocycles. The van der Waals surface area contributed by atoms with Gasteiger partial charge in [-0.25, -0.2) is 13.6 Å². The molecule has 5 amide bonds. The van der Waals surface area contributed by atoms with E-state index in [9.17, 15) is 42.7 Å². The molecule has 0 aliphatic carbocycles. The number of amides is 5. The van der Waals surface area contributed by atoms with Crippen LogP contribution in [-0.4, -0.2) is 117 Å². The van der Waals surface area contributed by atoms with Gasteiger partial charge in [-0.15, -0.1) is 0 Å². The van der Waals surface area contributed by atoms with Gasteiger partial charge in [0.1, 0.15) is 54.1 Å². The second kappa shape index (κ2) is 14.5. The van der Waals surface area contributed by atoms with Crippen molar-refractivity contribution >= 4 is 35.5 Å². The van der Waals surface area contributed by atoms with Crippen molar-refractivity contribution in [1.29, 1.82) is 0 Å². The lowest BCUT2D eigenvalue weighted by Crippen LogP contribution is -2.62. The lowest BCUT2D eigenvalue weighted by Gasteiger charge is -2.39. The molecule has 4 heterocycles. The standard InChI is InChI=1S/C33H43F2N5O8/c1-17-11-25-33(47)48-19(3)27(37-29(43)26(41)14-20-12-21(34)15-22(35)13-20)32(46)39-10-6-8-24(39)31(45)38-9-5-4-7-23(38)28(42)36-18(2)30(44)40(25)16-17/h12-13,15,17-19,23-27,41H,4-11,14,16H2,1-3H3,(H,36,42)(H,37,43)/t17-,18-,19-,23-,24-,25-,26-,27-/m0/s1. The number of benzene rings is 1. The maximum Gasteiger partial charge on any atom is 0.329 e. The Morgan fingerprint density at radius 1 is 0.896 bits per heavy atom. The Morgan fingerprint density at radius 3 is 2.25 bits per heavy atom. The minimum Gasteiger partial charge on any atom is -0.458 e. The van der Waals surface area contributed by atoms with Gasteiger partial charge < -0.3 is 35.2 Å². The minimum absolute atomic E-state index is 0.00129. The Morgan fingerprint density at radius 2 is 1.54 bits per heavy atom. The molecule has 0 radical (unpaired) electrons. The zero-order chi connectivity index (χ0) is 34.9. The van der Waals surface area contributed by atoms with Gasteiger partial charge >= 0.3 is 5.97 Å². The van der Waals surface area contributed by atoms with Crippen molar-refractivity contribution in [3.8, 4) is 0 Å². The summed E-state index contributed by atoms with van der Waals surface area (Å²) in [5, 5.41) is 15.9. The second-order valence-corrected chi connectivity index (χ2v) is 13.4. The molecule has 13 nitrogen and oxygen atoms in total. The Hall–Kier alpha value is -4.14.